The van der Waals surface area contributed by atoms with Gasteiger partial charge in [0.05, 0.1) is 11.3 Å². The maximum absolute atomic E-state index is 12.7. The Kier molecular flexibility index (Phi) is 4.64. The Morgan fingerprint density at radius 2 is 2.06 bits per heavy atom. The van der Waals surface area contributed by atoms with Crippen molar-refractivity contribution in [2.75, 3.05) is 19.6 Å². The summed E-state index contributed by atoms with van der Waals surface area (Å²) in [6.07, 6.45) is -3.17. The monoisotopic (exact) mass is 266 g/mol. The summed E-state index contributed by atoms with van der Waals surface area (Å²) in [7, 11) is 0. The van der Waals surface area contributed by atoms with E-state index in [1.807, 2.05) is 6.92 Å². The molecule has 1 aliphatic heterocycles. The summed E-state index contributed by atoms with van der Waals surface area (Å²) >= 11 is 0. The first-order valence-corrected chi connectivity index (χ1v) is 6.30. The van der Waals surface area contributed by atoms with Crippen molar-refractivity contribution in [3.05, 3.63) is 0 Å². The summed E-state index contributed by atoms with van der Waals surface area (Å²) in [4.78, 5) is 13.6. The van der Waals surface area contributed by atoms with E-state index in [0.717, 1.165) is 0 Å². The number of alkyl halides is 3. The molecule has 1 fully saturated rings. The molecule has 2 unspecified atom stereocenters. The van der Waals surface area contributed by atoms with Gasteiger partial charge in [-0.25, -0.2) is 0 Å². The van der Waals surface area contributed by atoms with E-state index in [4.69, 9.17) is 5.73 Å². The molecule has 0 aromatic rings. The van der Waals surface area contributed by atoms with Crippen LogP contribution in [-0.2, 0) is 4.79 Å². The highest BCUT2D eigenvalue weighted by atomic mass is 19.4. The van der Waals surface area contributed by atoms with Crippen molar-refractivity contribution in [2.24, 2.45) is 17.1 Å². The molecule has 1 rings (SSSR count). The Morgan fingerprint density at radius 1 is 1.44 bits per heavy atom. The van der Waals surface area contributed by atoms with Crippen molar-refractivity contribution < 1.29 is 18.0 Å². The van der Waals surface area contributed by atoms with Crippen LogP contribution in [-0.4, -0.2) is 36.6 Å². The maximum Gasteiger partial charge on any atom is 0.393 e. The van der Waals surface area contributed by atoms with Gasteiger partial charge in [-0.15, -0.1) is 0 Å². The zero-order valence-electron chi connectivity index (χ0n) is 10.9. The minimum Gasteiger partial charge on any atom is -0.342 e. The van der Waals surface area contributed by atoms with Crippen molar-refractivity contribution >= 4 is 5.91 Å². The van der Waals surface area contributed by atoms with E-state index in [2.05, 4.69) is 0 Å². The van der Waals surface area contributed by atoms with Crippen LogP contribution in [0, 0.1) is 11.3 Å². The average Bonchev–Trinajstić information content (AvgIpc) is 2.36. The van der Waals surface area contributed by atoms with Crippen molar-refractivity contribution in [2.45, 2.75) is 39.3 Å². The van der Waals surface area contributed by atoms with Crippen molar-refractivity contribution in [3.63, 3.8) is 0 Å². The van der Waals surface area contributed by atoms with E-state index < -0.39 is 17.5 Å². The number of piperidine rings is 1. The minimum atomic E-state index is -4.22. The van der Waals surface area contributed by atoms with Crippen LogP contribution in [0.4, 0.5) is 13.2 Å². The van der Waals surface area contributed by atoms with Gasteiger partial charge in [0.2, 0.25) is 5.91 Å². The third-order valence-electron chi connectivity index (χ3n) is 3.92. The Morgan fingerprint density at radius 3 is 2.50 bits per heavy atom. The third kappa shape index (κ3) is 3.16. The van der Waals surface area contributed by atoms with Crippen molar-refractivity contribution in [3.8, 4) is 0 Å². The molecule has 1 heterocycles. The lowest BCUT2D eigenvalue weighted by atomic mass is 9.84. The van der Waals surface area contributed by atoms with Gasteiger partial charge in [0.1, 0.15) is 0 Å². The Hall–Kier alpha value is -0.780. The number of carbonyl (C=O) groups is 1. The van der Waals surface area contributed by atoms with Gasteiger partial charge in [-0.3, -0.25) is 4.79 Å². The van der Waals surface area contributed by atoms with Gasteiger partial charge in [0.15, 0.2) is 0 Å². The predicted molar refractivity (Wildman–Crippen MR) is 62.8 cm³/mol. The first-order chi connectivity index (χ1) is 8.24. The lowest BCUT2D eigenvalue weighted by Gasteiger charge is -2.38. The number of nitrogens with two attached hydrogens (primary N) is 1. The van der Waals surface area contributed by atoms with E-state index in [0.29, 0.717) is 19.4 Å². The summed E-state index contributed by atoms with van der Waals surface area (Å²) in [5, 5.41) is 0. The summed E-state index contributed by atoms with van der Waals surface area (Å²) in [5.74, 6) is -1.64. The van der Waals surface area contributed by atoms with Gasteiger partial charge >= 0.3 is 6.18 Å². The number of carbonyl (C=O) groups excluding carboxylic acids is 1. The van der Waals surface area contributed by atoms with E-state index >= 15 is 0 Å². The minimum absolute atomic E-state index is 0.110. The largest absolute Gasteiger partial charge is 0.393 e. The molecule has 1 aliphatic rings. The number of hydrogen-bond acceptors (Lipinski definition) is 2. The molecule has 0 saturated carbocycles. The van der Waals surface area contributed by atoms with E-state index in [9.17, 15) is 18.0 Å². The molecule has 0 aliphatic carbocycles. The molecule has 0 aromatic carbocycles. The molecular weight excluding hydrogens is 245 g/mol. The Labute approximate surface area is 106 Å². The van der Waals surface area contributed by atoms with Crippen LogP contribution in [0.15, 0.2) is 0 Å². The van der Waals surface area contributed by atoms with Crippen LogP contribution < -0.4 is 5.73 Å². The topological polar surface area (TPSA) is 46.3 Å². The van der Waals surface area contributed by atoms with Gasteiger partial charge in [-0.2, -0.15) is 13.2 Å². The van der Waals surface area contributed by atoms with Crippen LogP contribution in [0.3, 0.4) is 0 Å². The SMILES string of the molecule is CCC(C)(CN)C(=O)N1CCCC(C(F)(F)F)C1. The molecule has 18 heavy (non-hydrogen) atoms. The van der Waals surface area contributed by atoms with Gasteiger partial charge in [-0.1, -0.05) is 6.92 Å². The van der Waals surface area contributed by atoms with Crippen LogP contribution in [0.25, 0.3) is 0 Å². The number of halogens is 3. The third-order valence-corrected chi connectivity index (χ3v) is 3.92. The molecule has 2 N–H and O–H groups in total. The number of amides is 1. The van der Waals surface area contributed by atoms with Crippen LogP contribution >= 0.6 is 0 Å². The number of likely N-dealkylation sites (tertiary alicyclic amines) is 1. The molecule has 6 heteroatoms. The van der Waals surface area contributed by atoms with E-state index in [-0.39, 0.29) is 25.4 Å². The number of nitrogens with zero attached hydrogens (tertiary/aromatic N) is 1. The highest BCUT2D eigenvalue weighted by Gasteiger charge is 2.44. The van der Waals surface area contributed by atoms with Crippen LogP contribution in [0.2, 0.25) is 0 Å². The normalized spacial score (nSPS) is 24.8. The van der Waals surface area contributed by atoms with E-state index in [1.54, 1.807) is 6.92 Å². The summed E-state index contributed by atoms with van der Waals surface area (Å²) < 4.78 is 38.0. The molecule has 106 valence electrons. The molecule has 0 bridgehead atoms. The van der Waals surface area contributed by atoms with Crippen LogP contribution in [0.5, 0.6) is 0 Å². The predicted octanol–water partition coefficient (Wildman–Crippen LogP) is 2.16. The maximum atomic E-state index is 12.7. The molecule has 2 atom stereocenters. The Bertz CT molecular complexity index is 300. The second-order valence-electron chi connectivity index (χ2n) is 5.25. The first kappa shape index (κ1) is 15.3. The number of rotatable bonds is 3. The fourth-order valence-corrected chi connectivity index (χ4v) is 2.19. The lowest BCUT2D eigenvalue weighted by Crippen LogP contribution is -2.51. The summed E-state index contributed by atoms with van der Waals surface area (Å²) in [6, 6.07) is 0. The Balaban J connectivity index is 2.75. The summed E-state index contributed by atoms with van der Waals surface area (Å²) in [5.41, 5.74) is 4.83. The second kappa shape index (κ2) is 5.47. The lowest BCUT2D eigenvalue weighted by molar-refractivity contribution is -0.189. The van der Waals surface area contributed by atoms with Crippen molar-refractivity contribution in [1.29, 1.82) is 0 Å². The van der Waals surface area contributed by atoms with Crippen molar-refractivity contribution in [1.82, 2.24) is 4.90 Å². The van der Waals surface area contributed by atoms with E-state index in [1.165, 1.54) is 4.90 Å². The highest BCUT2D eigenvalue weighted by molar-refractivity contribution is 5.82. The average molecular weight is 266 g/mol. The molecule has 3 nitrogen and oxygen atoms in total. The quantitative estimate of drug-likeness (QED) is 0.851. The van der Waals surface area contributed by atoms with Gasteiger partial charge < -0.3 is 10.6 Å². The van der Waals surface area contributed by atoms with Crippen LogP contribution in [0.1, 0.15) is 33.1 Å². The fourth-order valence-electron chi connectivity index (χ4n) is 2.19. The highest BCUT2D eigenvalue weighted by Crippen LogP contribution is 2.34. The molecule has 1 amide bonds. The standard InChI is InChI=1S/C12H21F3N2O/c1-3-11(2,8-16)10(18)17-6-4-5-9(7-17)12(13,14)15/h9H,3-8,16H2,1-2H3. The zero-order valence-corrected chi connectivity index (χ0v) is 10.9. The first-order valence-electron chi connectivity index (χ1n) is 6.30. The molecular formula is C12H21F3N2O. The van der Waals surface area contributed by atoms with Gasteiger partial charge in [0.25, 0.3) is 0 Å². The molecule has 0 spiro atoms. The zero-order chi connectivity index (χ0) is 14.0. The smallest absolute Gasteiger partial charge is 0.342 e. The van der Waals surface area contributed by atoms with Gasteiger partial charge in [-0.05, 0) is 26.2 Å². The summed E-state index contributed by atoms with van der Waals surface area (Å²) in [6.45, 7) is 3.89. The fraction of sp³-hybridized carbons (Fsp3) is 0.917. The van der Waals surface area contributed by atoms with Gasteiger partial charge in [0, 0.05) is 19.6 Å². The molecule has 0 aromatic heterocycles. The number of hydrogen-bond donors (Lipinski definition) is 1. The molecule has 1 saturated heterocycles. The second-order valence-corrected chi connectivity index (χ2v) is 5.25. The molecule has 0 radical (unpaired) electrons.